The summed E-state index contributed by atoms with van der Waals surface area (Å²) in [6.45, 7) is 1.10. The predicted octanol–water partition coefficient (Wildman–Crippen LogP) is 2.52. The minimum Gasteiger partial charge on any atom is -0.486 e. The lowest BCUT2D eigenvalue weighted by Crippen LogP contribution is -2.41. The van der Waals surface area contributed by atoms with E-state index in [1.165, 1.54) is 11.0 Å². The number of anilines is 2. The van der Waals surface area contributed by atoms with Crippen LogP contribution < -0.4 is 19.7 Å². The first-order chi connectivity index (χ1) is 15.1. The van der Waals surface area contributed by atoms with Gasteiger partial charge in [-0.15, -0.1) is 0 Å². The monoisotopic (exact) mass is 422 g/mol. The lowest BCUT2D eigenvalue weighted by atomic mass is 9.77. The number of fused-ring (bicyclic) bond motifs is 2. The summed E-state index contributed by atoms with van der Waals surface area (Å²) in [4.78, 5) is 27.9. The van der Waals surface area contributed by atoms with Gasteiger partial charge < -0.3 is 24.4 Å². The van der Waals surface area contributed by atoms with Gasteiger partial charge in [-0.25, -0.2) is 4.39 Å². The third-order valence-corrected chi connectivity index (χ3v) is 6.36. The van der Waals surface area contributed by atoms with Crippen LogP contribution in [0.2, 0.25) is 0 Å². The Hall–Kier alpha value is -3.39. The van der Waals surface area contributed by atoms with E-state index in [2.05, 4.69) is 5.32 Å². The molecule has 0 radical (unpaired) electrons. The molecule has 2 saturated heterocycles. The van der Waals surface area contributed by atoms with Gasteiger partial charge in [-0.2, -0.15) is 0 Å². The summed E-state index contributed by atoms with van der Waals surface area (Å²) in [7, 11) is 0. The van der Waals surface area contributed by atoms with Crippen LogP contribution in [0.15, 0.2) is 54.6 Å². The van der Waals surface area contributed by atoms with Crippen LogP contribution in [0.1, 0.15) is 0 Å². The highest BCUT2D eigenvalue weighted by Gasteiger charge is 2.67. The fourth-order valence-electron chi connectivity index (χ4n) is 5.02. The number of rotatable bonds is 3. The molecule has 8 heteroatoms. The molecule has 2 fully saturated rings. The Morgan fingerprint density at radius 3 is 2.77 bits per heavy atom. The van der Waals surface area contributed by atoms with Gasteiger partial charge in [0.25, 0.3) is 0 Å². The average Bonchev–Trinajstić information content (AvgIpc) is 3.42. The summed E-state index contributed by atoms with van der Waals surface area (Å²) in [5.74, 6) is -1.33. The van der Waals surface area contributed by atoms with Crippen molar-refractivity contribution in [3.05, 3.63) is 60.4 Å². The molecule has 6 rings (SSSR count). The van der Waals surface area contributed by atoms with Gasteiger partial charge in [0.1, 0.15) is 24.6 Å². The van der Waals surface area contributed by atoms with Crippen LogP contribution in [0.4, 0.5) is 15.8 Å². The Morgan fingerprint density at radius 2 is 1.94 bits per heavy atom. The molecular formula is C23H19FN2O5. The molecule has 4 atom stereocenters. The van der Waals surface area contributed by atoms with Gasteiger partial charge in [0.05, 0.1) is 30.2 Å². The van der Waals surface area contributed by atoms with Gasteiger partial charge in [-0.05, 0) is 24.3 Å². The summed E-state index contributed by atoms with van der Waals surface area (Å²) < 4.78 is 31.5. The van der Waals surface area contributed by atoms with Crippen molar-refractivity contribution in [2.75, 3.05) is 30.0 Å². The maximum atomic E-state index is 14.4. The molecule has 2 amide bonds. The topological polar surface area (TPSA) is 77.1 Å². The summed E-state index contributed by atoms with van der Waals surface area (Å²) >= 11 is 0. The molecule has 2 bridgehead atoms. The molecule has 4 aliphatic rings. The van der Waals surface area contributed by atoms with Crippen LogP contribution in [0.5, 0.6) is 11.5 Å². The van der Waals surface area contributed by atoms with E-state index >= 15 is 0 Å². The Labute approximate surface area is 177 Å². The van der Waals surface area contributed by atoms with Crippen molar-refractivity contribution in [1.82, 2.24) is 0 Å². The number of carbonyl (C=O) groups is 2. The largest absolute Gasteiger partial charge is 0.486 e. The zero-order valence-electron chi connectivity index (χ0n) is 16.4. The van der Waals surface area contributed by atoms with E-state index < -0.39 is 29.4 Å². The summed E-state index contributed by atoms with van der Waals surface area (Å²) in [6, 6.07) is 11.3. The van der Waals surface area contributed by atoms with Crippen molar-refractivity contribution in [1.29, 1.82) is 0 Å². The lowest BCUT2D eigenvalue weighted by Gasteiger charge is -2.24. The number of benzene rings is 2. The number of carbonyl (C=O) groups excluding carboxylic acids is 2. The molecule has 1 N–H and O–H groups in total. The van der Waals surface area contributed by atoms with E-state index in [-0.39, 0.29) is 24.0 Å². The minimum absolute atomic E-state index is 0.179. The van der Waals surface area contributed by atoms with E-state index in [4.69, 9.17) is 14.2 Å². The van der Waals surface area contributed by atoms with Gasteiger partial charge in [0.2, 0.25) is 11.8 Å². The van der Waals surface area contributed by atoms with Crippen molar-refractivity contribution < 1.29 is 28.2 Å². The van der Waals surface area contributed by atoms with E-state index in [9.17, 15) is 14.0 Å². The highest BCUT2D eigenvalue weighted by Crippen LogP contribution is 2.53. The predicted molar refractivity (Wildman–Crippen MR) is 109 cm³/mol. The Balaban J connectivity index is 1.28. The smallest absolute Gasteiger partial charge is 0.234 e. The van der Waals surface area contributed by atoms with Gasteiger partial charge in [0, 0.05) is 11.8 Å². The number of nitrogens with one attached hydrogen (secondary N) is 1. The molecule has 0 aromatic heterocycles. The second kappa shape index (κ2) is 6.55. The zero-order chi connectivity index (χ0) is 21.2. The molecule has 31 heavy (non-hydrogen) atoms. The van der Waals surface area contributed by atoms with E-state index in [1.807, 2.05) is 12.2 Å². The van der Waals surface area contributed by atoms with Gasteiger partial charge >= 0.3 is 0 Å². The molecule has 2 aromatic rings. The number of hydrogen-bond donors (Lipinski definition) is 1. The normalized spacial score (nSPS) is 29.9. The molecule has 1 spiro atoms. The van der Waals surface area contributed by atoms with Crippen LogP contribution in [0.25, 0.3) is 0 Å². The number of ether oxygens (including phenoxy) is 3. The number of para-hydroxylation sites is 1. The Bertz CT molecular complexity index is 1130. The molecule has 0 saturated carbocycles. The summed E-state index contributed by atoms with van der Waals surface area (Å²) in [5, 5.41) is 2.88. The van der Waals surface area contributed by atoms with E-state index in [1.54, 1.807) is 36.4 Å². The first kappa shape index (κ1) is 18.4. The molecule has 4 aliphatic heterocycles. The second-order valence-corrected chi connectivity index (χ2v) is 8.12. The van der Waals surface area contributed by atoms with Crippen LogP contribution in [0, 0.1) is 17.7 Å². The number of amides is 2. The highest BCUT2D eigenvalue weighted by atomic mass is 19.1. The van der Waals surface area contributed by atoms with Crippen molar-refractivity contribution >= 4 is 23.2 Å². The average molecular weight is 422 g/mol. The summed E-state index contributed by atoms with van der Waals surface area (Å²) in [5.41, 5.74) is -0.173. The lowest BCUT2D eigenvalue weighted by molar-refractivity contribution is -0.128. The first-order valence-corrected chi connectivity index (χ1v) is 10.2. The standard InChI is InChI=1S/C23H19FN2O5/c24-14-3-1-2-4-15(14)26-12-23-8-7-17(31-23)19(20(23)22(26)28)21(27)25-13-5-6-16-18(11-13)30-10-9-29-16/h1-8,11,17,19-20H,9-10,12H2,(H,25,27)/t17-,19?,20?,23-/m0/s1. The number of hydrogen-bond acceptors (Lipinski definition) is 5. The van der Waals surface area contributed by atoms with Crippen LogP contribution in [0.3, 0.4) is 0 Å². The highest BCUT2D eigenvalue weighted by molar-refractivity contribution is 6.05. The quantitative estimate of drug-likeness (QED) is 0.770. The minimum atomic E-state index is -0.918. The number of halogens is 1. The molecule has 4 heterocycles. The molecule has 7 nitrogen and oxygen atoms in total. The third-order valence-electron chi connectivity index (χ3n) is 6.36. The molecule has 0 aliphatic carbocycles. The molecular weight excluding hydrogens is 403 g/mol. The van der Waals surface area contributed by atoms with Crippen LogP contribution in [-0.4, -0.2) is 43.3 Å². The van der Waals surface area contributed by atoms with E-state index in [0.29, 0.717) is 30.4 Å². The number of nitrogens with zero attached hydrogens (tertiary/aromatic N) is 1. The first-order valence-electron chi connectivity index (χ1n) is 10.2. The van der Waals surface area contributed by atoms with Gasteiger partial charge in [-0.1, -0.05) is 24.3 Å². The third kappa shape index (κ3) is 2.68. The van der Waals surface area contributed by atoms with Gasteiger partial charge in [-0.3, -0.25) is 9.59 Å². The SMILES string of the molecule is O=C(Nc1ccc2c(c1)OCCO2)C1C2C(=O)N(c3ccccc3F)C[C@@]23C=C[C@@H]1O3. The van der Waals surface area contributed by atoms with Crippen molar-refractivity contribution in [2.24, 2.45) is 11.8 Å². The van der Waals surface area contributed by atoms with Crippen LogP contribution >= 0.6 is 0 Å². The fraction of sp³-hybridized carbons (Fsp3) is 0.304. The molecule has 2 aromatic carbocycles. The zero-order valence-corrected chi connectivity index (χ0v) is 16.4. The Kier molecular flexibility index (Phi) is 3.89. The van der Waals surface area contributed by atoms with Gasteiger partial charge in [0.15, 0.2) is 11.5 Å². The Morgan fingerprint density at radius 1 is 1.13 bits per heavy atom. The molecule has 2 unspecified atom stereocenters. The van der Waals surface area contributed by atoms with Crippen molar-refractivity contribution in [3.63, 3.8) is 0 Å². The van der Waals surface area contributed by atoms with Crippen LogP contribution in [-0.2, 0) is 14.3 Å². The maximum Gasteiger partial charge on any atom is 0.234 e. The maximum absolute atomic E-state index is 14.4. The fourth-order valence-corrected chi connectivity index (χ4v) is 5.02. The van der Waals surface area contributed by atoms with Crippen molar-refractivity contribution in [3.8, 4) is 11.5 Å². The van der Waals surface area contributed by atoms with E-state index in [0.717, 1.165) is 0 Å². The molecule has 158 valence electrons. The second-order valence-electron chi connectivity index (χ2n) is 8.12. The summed E-state index contributed by atoms with van der Waals surface area (Å²) in [6.07, 6.45) is 3.17. The van der Waals surface area contributed by atoms with Crippen molar-refractivity contribution in [2.45, 2.75) is 11.7 Å².